The van der Waals surface area contributed by atoms with Gasteiger partial charge >= 0.3 is 0 Å². The van der Waals surface area contributed by atoms with Gasteiger partial charge in [0.15, 0.2) is 0 Å². The molecule has 0 amide bonds. The van der Waals surface area contributed by atoms with Gasteiger partial charge in [-0.25, -0.2) is 0 Å². The minimum Gasteiger partial charge on any atom is -0.481 e. The number of benzene rings is 1. The molecule has 0 atom stereocenters. The molecule has 0 aromatic heterocycles. The molecule has 0 aliphatic rings. The average Bonchev–Trinajstić information content (AvgIpc) is 2.21. The SMILES string of the molecule is CC.CC(=O)O.CCc1ccccc1. The van der Waals surface area contributed by atoms with Crippen molar-refractivity contribution in [2.45, 2.75) is 34.1 Å². The highest BCUT2D eigenvalue weighted by atomic mass is 16.4. The van der Waals surface area contributed by atoms with Gasteiger partial charge in [-0.2, -0.15) is 0 Å². The number of carboxylic acids is 1. The van der Waals surface area contributed by atoms with Crippen molar-refractivity contribution < 1.29 is 9.90 Å². The van der Waals surface area contributed by atoms with Gasteiger partial charge in [0, 0.05) is 6.92 Å². The maximum Gasteiger partial charge on any atom is 0.300 e. The molecule has 1 aromatic rings. The van der Waals surface area contributed by atoms with Gasteiger partial charge in [-0.05, 0) is 12.0 Å². The lowest BCUT2D eigenvalue weighted by Gasteiger charge is -1.89. The molecule has 80 valence electrons. The molecule has 2 nitrogen and oxygen atoms in total. The predicted molar refractivity (Wildman–Crippen MR) is 60.5 cm³/mol. The highest BCUT2D eigenvalue weighted by Gasteiger charge is 1.79. The summed E-state index contributed by atoms with van der Waals surface area (Å²) in [5.41, 5.74) is 1.41. The van der Waals surface area contributed by atoms with Crippen LogP contribution in [0.3, 0.4) is 0 Å². The predicted octanol–water partition coefficient (Wildman–Crippen LogP) is 3.37. The number of aliphatic carboxylic acids is 1. The minimum absolute atomic E-state index is 0.833. The Bertz CT molecular complexity index is 213. The van der Waals surface area contributed by atoms with Gasteiger partial charge in [0.2, 0.25) is 0 Å². The molecule has 0 saturated carbocycles. The fraction of sp³-hybridized carbons (Fsp3) is 0.417. The second kappa shape index (κ2) is 11.7. The summed E-state index contributed by atoms with van der Waals surface area (Å²) < 4.78 is 0. The maximum absolute atomic E-state index is 9.00. The number of carbonyl (C=O) groups is 1. The van der Waals surface area contributed by atoms with Gasteiger partial charge in [-0.3, -0.25) is 4.79 Å². The van der Waals surface area contributed by atoms with Crippen molar-refractivity contribution in [3.05, 3.63) is 35.9 Å². The molecule has 0 radical (unpaired) electrons. The normalized spacial score (nSPS) is 7.43. The molecular formula is C12H20O2. The molecule has 0 heterocycles. The quantitative estimate of drug-likeness (QED) is 0.747. The van der Waals surface area contributed by atoms with Crippen LogP contribution in [0.4, 0.5) is 0 Å². The summed E-state index contributed by atoms with van der Waals surface area (Å²) in [6, 6.07) is 10.5. The molecule has 0 aliphatic carbocycles. The van der Waals surface area contributed by atoms with Gasteiger partial charge < -0.3 is 5.11 Å². The van der Waals surface area contributed by atoms with Crippen LogP contribution in [0.1, 0.15) is 33.3 Å². The van der Waals surface area contributed by atoms with Crippen LogP contribution in [-0.2, 0) is 11.2 Å². The van der Waals surface area contributed by atoms with Crippen LogP contribution in [0.25, 0.3) is 0 Å². The Labute approximate surface area is 86.6 Å². The number of aryl methyl sites for hydroxylation is 1. The van der Waals surface area contributed by atoms with Crippen molar-refractivity contribution in [2.24, 2.45) is 0 Å². The van der Waals surface area contributed by atoms with Crippen LogP contribution in [-0.4, -0.2) is 11.1 Å². The summed E-state index contributed by atoms with van der Waals surface area (Å²) in [4.78, 5) is 9.00. The summed E-state index contributed by atoms with van der Waals surface area (Å²) in [6.45, 7) is 7.25. The van der Waals surface area contributed by atoms with Gasteiger partial charge in [-0.15, -0.1) is 0 Å². The first-order valence-electron chi connectivity index (χ1n) is 4.90. The van der Waals surface area contributed by atoms with E-state index in [0.29, 0.717) is 0 Å². The van der Waals surface area contributed by atoms with E-state index < -0.39 is 5.97 Å². The zero-order valence-corrected chi connectivity index (χ0v) is 9.45. The van der Waals surface area contributed by atoms with Crippen molar-refractivity contribution in [3.8, 4) is 0 Å². The molecule has 0 bridgehead atoms. The van der Waals surface area contributed by atoms with E-state index in [1.807, 2.05) is 19.9 Å². The maximum atomic E-state index is 9.00. The van der Waals surface area contributed by atoms with E-state index in [-0.39, 0.29) is 0 Å². The van der Waals surface area contributed by atoms with Crippen LogP contribution in [0, 0.1) is 0 Å². The fourth-order valence-corrected chi connectivity index (χ4v) is 0.714. The van der Waals surface area contributed by atoms with E-state index >= 15 is 0 Å². The zero-order valence-electron chi connectivity index (χ0n) is 9.45. The van der Waals surface area contributed by atoms with Crippen LogP contribution >= 0.6 is 0 Å². The third-order valence-electron chi connectivity index (χ3n) is 1.25. The Morgan fingerprint density at radius 1 is 1.21 bits per heavy atom. The van der Waals surface area contributed by atoms with Gasteiger partial charge in [-0.1, -0.05) is 51.1 Å². The van der Waals surface area contributed by atoms with Gasteiger partial charge in [0.1, 0.15) is 0 Å². The first kappa shape index (κ1) is 15.2. The van der Waals surface area contributed by atoms with Gasteiger partial charge in [0.05, 0.1) is 0 Å². The second-order valence-electron chi connectivity index (χ2n) is 2.36. The van der Waals surface area contributed by atoms with Gasteiger partial charge in [0.25, 0.3) is 5.97 Å². The second-order valence-corrected chi connectivity index (χ2v) is 2.36. The average molecular weight is 196 g/mol. The Hall–Kier alpha value is -1.31. The van der Waals surface area contributed by atoms with Crippen molar-refractivity contribution >= 4 is 5.97 Å². The Kier molecular flexibility index (Phi) is 12.7. The largest absolute Gasteiger partial charge is 0.481 e. The van der Waals surface area contributed by atoms with Crippen LogP contribution in [0.5, 0.6) is 0 Å². The molecular weight excluding hydrogens is 176 g/mol. The molecule has 0 saturated heterocycles. The summed E-state index contributed by atoms with van der Waals surface area (Å²) in [5, 5.41) is 7.42. The fourth-order valence-electron chi connectivity index (χ4n) is 0.714. The van der Waals surface area contributed by atoms with E-state index in [9.17, 15) is 0 Å². The van der Waals surface area contributed by atoms with E-state index in [4.69, 9.17) is 9.90 Å². The monoisotopic (exact) mass is 196 g/mol. The van der Waals surface area contributed by atoms with E-state index in [1.54, 1.807) is 0 Å². The van der Waals surface area contributed by atoms with E-state index in [0.717, 1.165) is 13.3 Å². The first-order chi connectivity index (χ1) is 6.66. The number of hydrogen-bond donors (Lipinski definition) is 1. The summed E-state index contributed by atoms with van der Waals surface area (Å²) in [7, 11) is 0. The van der Waals surface area contributed by atoms with Crippen molar-refractivity contribution in [2.75, 3.05) is 0 Å². The Morgan fingerprint density at radius 3 is 1.79 bits per heavy atom. The lowest BCUT2D eigenvalue weighted by molar-refractivity contribution is -0.134. The zero-order chi connectivity index (χ0) is 11.4. The highest BCUT2D eigenvalue weighted by molar-refractivity contribution is 5.62. The summed E-state index contributed by atoms with van der Waals surface area (Å²) >= 11 is 0. The Balaban J connectivity index is 0. The molecule has 1 rings (SSSR count). The molecule has 14 heavy (non-hydrogen) atoms. The topological polar surface area (TPSA) is 37.3 Å². The lowest BCUT2D eigenvalue weighted by atomic mass is 10.2. The number of carboxylic acid groups (broad SMARTS) is 1. The van der Waals surface area contributed by atoms with E-state index in [2.05, 4.69) is 31.2 Å². The standard InChI is InChI=1S/C8H10.C2H4O2.C2H6/c1-2-8-6-4-3-5-7-8;1-2(3)4;1-2/h3-7H,2H2,1H3;1H3,(H,3,4);1-2H3. The van der Waals surface area contributed by atoms with Crippen molar-refractivity contribution in [1.82, 2.24) is 0 Å². The van der Waals surface area contributed by atoms with E-state index in [1.165, 1.54) is 5.56 Å². The van der Waals surface area contributed by atoms with Crippen molar-refractivity contribution in [3.63, 3.8) is 0 Å². The highest BCUT2D eigenvalue weighted by Crippen LogP contribution is 1.96. The molecule has 0 unspecified atom stereocenters. The first-order valence-corrected chi connectivity index (χ1v) is 4.90. The molecule has 1 N–H and O–H groups in total. The number of rotatable bonds is 1. The molecule has 0 fully saturated rings. The third kappa shape index (κ3) is 13.3. The van der Waals surface area contributed by atoms with Crippen LogP contribution in [0.2, 0.25) is 0 Å². The number of hydrogen-bond acceptors (Lipinski definition) is 1. The summed E-state index contributed by atoms with van der Waals surface area (Å²) in [5.74, 6) is -0.833. The molecule has 1 aromatic carbocycles. The Morgan fingerprint density at radius 2 is 1.57 bits per heavy atom. The molecule has 0 spiro atoms. The third-order valence-corrected chi connectivity index (χ3v) is 1.25. The minimum atomic E-state index is -0.833. The lowest BCUT2D eigenvalue weighted by Crippen LogP contribution is -1.78. The van der Waals surface area contributed by atoms with Crippen molar-refractivity contribution in [1.29, 1.82) is 0 Å². The smallest absolute Gasteiger partial charge is 0.300 e. The van der Waals surface area contributed by atoms with Crippen LogP contribution < -0.4 is 0 Å². The molecule has 2 heteroatoms. The molecule has 0 aliphatic heterocycles. The van der Waals surface area contributed by atoms with Crippen LogP contribution in [0.15, 0.2) is 30.3 Å². The summed E-state index contributed by atoms with van der Waals surface area (Å²) in [6.07, 6.45) is 1.14.